The zero-order chi connectivity index (χ0) is 14.1. The molecule has 0 aliphatic carbocycles. The van der Waals surface area contributed by atoms with Crippen LogP contribution >= 0.6 is 11.6 Å². The molecule has 0 aromatic heterocycles. The van der Waals surface area contributed by atoms with Gasteiger partial charge in [0.15, 0.2) is 0 Å². The summed E-state index contributed by atoms with van der Waals surface area (Å²) in [6.45, 7) is 0. The predicted octanol–water partition coefficient (Wildman–Crippen LogP) is 3.80. The van der Waals surface area contributed by atoms with E-state index in [-0.39, 0.29) is 0 Å². The average molecular weight is 294 g/mol. The molecule has 9 heteroatoms. The Bertz CT molecular complexity index is 430. The Morgan fingerprint density at radius 3 is 2.11 bits per heavy atom. The van der Waals surface area contributed by atoms with Crippen molar-refractivity contribution >= 4 is 11.6 Å². The molecule has 0 unspecified atom stereocenters. The molecule has 102 valence electrons. The first-order valence-electron chi connectivity index (χ1n) is 4.38. The molecule has 0 saturated carbocycles. The largest absolute Gasteiger partial charge is 0.573 e. The molecular weight excluding hydrogens is 288 g/mol. The first kappa shape index (κ1) is 14.9. The Morgan fingerprint density at radius 1 is 1.11 bits per heavy atom. The molecule has 2 N–H and O–H groups in total. The molecule has 0 bridgehead atoms. The van der Waals surface area contributed by atoms with Gasteiger partial charge in [0.2, 0.25) is 0 Å². The second-order valence-electron chi connectivity index (χ2n) is 3.25. The van der Waals surface area contributed by atoms with Gasteiger partial charge in [-0.25, -0.2) is 0 Å². The minimum Gasteiger partial charge on any atom is -0.406 e. The maximum atomic E-state index is 12.3. The van der Waals surface area contributed by atoms with E-state index >= 15 is 0 Å². The molecule has 0 radical (unpaired) electrons. The van der Waals surface area contributed by atoms with Crippen LogP contribution in [0.15, 0.2) is 18.2 Å². The Labute approximate surface area is 102 Å². The molecule has 18 heavy (non-hydrogen) atoms. The highest BCUT2D eigenvalue weighted by atomic mass is 35.5. The van der Waals surface area contributed by atoms with E-state index in [1.807, 2.05) is 0 Å². The van der Waals surface area contributed by atoms with Crippen LogP contribution in [0, 0.1) is 0 Å². The first-order chi connectivity index (χ1) is 8.00. The summed E-state index contributed by atoms with van der Waals surface area (Å²) in [6, 6.07) is -0.332. The molecule has 2 nitrogen and oxygen atoms in total. The van der Waals surface area contributed by atoms with Crippen LogP contribution in [0.3, 0.4) is 0 Å². The molecule has 0 heterocycles. The predicted molar refractivity (Wildman–Crippen MR) is 51.1 cm³/mol. The van der Waals surface area contributed by atoms with E-state index < -0.39 is 34.9 Å². The van der Waals surface area contributed by atoms with Crippen molar-refractivity contribution in [3.63, 3.8) is 0 Å². The summed E-state index contributed by atoms with van der Waals surface area (Å²) in [5.74, 6) is -0.818. The van der Waals surface area contributed by atoms with Crippen LogP contribution in [0.25, 0.3) is 0 Å². The smallest absolute Gasteiger partial charge is 0.406 e. The average Bonchev–Trinajstić information content (AvgIpc) is 2.16. The van der Waals surface area contributed by atoms with Gasteiger partial charge in [-0.2, -0.15) is 13.2 Å². The van der Waals surface area contributed by atoms with Crippen LogP contribution in [-0.4, -0.2) is 12.5 Å². The van der Waals surface area contributed by atoms with Crippen molar-refractivity contribution in [1.82, 2.24) is 0 Å². The SMILES string of the molecule is N[C@H](c1cc(OC(F)(F)F)ccc1Cl)C(F)(F)F. The van der Waals surface area contributed by atoms with Crippen molar-refractivity contribution in [2.24, 2.45) is 5.73 Å². The van der Waals surface area contributed by atoms with Crippen LogP contribution in [0.5, 0.6) is 5.75 Å². The number of nitrogens with two attached hydrogens (primary N) is 1. The summed E-state index contributed by atoms with van der Waals surface area (Å²) in [5, 5.41) is -0.394. The van der Waals surface area contributed by atoms with Crippen molar-refractivity contribution < 1.29 is 31.1 Å². The van der Waals surface area contributed by atoms with Crippen molar-refractivity contribution in [2.75, 3.05) is 0 Å². The van der Waals surface area contributed by atoms with E-state index in [4.69, 9.17) is 17.3 Å². The van der Waals surface area contributed by atoms with Crippen LogP contribution in [0.4, 0.5) is 26.3 Å². The number of ether oxygens (including phenoxy) is 1. The Balaban J connectivity index is 3.09. The Morgan fingerprint density at radius 2 is 1.67 bits per heavy atom. The third kappa shape index (κ3) is 3.95. The van der Waals surface area contributed by atoms with E-state index in [1.165, 1.54) is 0 Å². The highest BCUT2D eigenvalue weighted by Crippen LogP contribution is 2.36. The minimum atomic E-state index is -5.01. The molecule has 0 fully saturated rings. The summed E-state index contributed by atoms with van der Waals surface area (Å²) in [7, 11) is 0. The summed E-state index contributed by atoms with van der Waals surface area (Å²) in [5.41, 5.74) is 4.17. The molecule has 1 aromatic carbocycles. The molecular formula is C9H6ClF6NO. The lowest BCUT2D eigenvalue weighted by molar-refractivity contribution is -0.274. The van der Waals surface area contributed by atoms with Gasteiger partial charge in [0, 0.05) is 10.6 Å². The maximum absolute atomic E-state index is 12.3. The summed E-state index contributed by atoms with van der Waals surface area (Å²) >= 11 is 5.45. The molecule has 1 rings (SSSR count). The molecule has 1 aromatic rings. The molecule has 0 amide bonds. The van der Waals surface area contributed by atoms with E-state index in [0.717, 1.165) is 12.1 Å². The lowest BCUT2D eigenvalue weighted by atomic mass is 10.1. The maximum Gasteiger partial charge on any atom is 0.573 e. The second-order valence-corrected chi connectivity index (χ2v) is 3.66. The van der Waals surface area contributed by atoms with E-state index in [0.29, 0.717) is 6.07 Å². The number of halogens is 7. The van der Waals surface area contributed by atoms with E-state index in [9.17, 15) is 26.3 Å². The topological polar surface area (TPSA) is 35.2 Å². The summed E-state index contributed by atoms with van der Waals surface area (Å²) in [4.78, 5) is 0. The van der Waals surface area contributed by atoms with Gasteiger partial charge in [0.25, 0.3) is 0 Å². The molecule has 0 spiro atoms. The van der Waals surface area contributed by atoms with Crippen LogP contribution < -0.4 is 10.5 Å². The lowest BCUT2D eigenvalue weighted by Gasteiger charge is -2.18. The number of hydrogen-bond donors (Lipinski definition) is 1. The lowest BCUT2D eigenvalue weighted by Crippen LogP contribution is -2.28. The fourth-order valence-electron chi connectivity index (χ4n) is 1.13. The van der Waals surface area contributed by atoms with Crippen LogP contribution in [0.1, 0.15) is 11.6 Å². The Hall–Kier alpha value is -1.15. The van der Waals surface area contributed by atoms with Crippen molar-refractivity contribution in [3.8, 4) is 5.75 Å². The van der Waals surface area contributed by atoms with Crippen molar-refractivity contribution in [2.45, 2.75) is 18.6 Å². The molecule has 0 aliphatic heterocycles. The quantitative estimate of drug-likeness (QED) is 0.842. The highest BCUT2D eigenvalue weighted by Gasteiger charge is 2.39. The number of hydrogen-bond acceptors (Lipinski definition) is 2. The van der Waals surface area contributed by atoms with Gasteiger partial charge in [-0.1, -0.05) is 11.6 Å². The molecule has 0 saturated heterocycles. The van der Waals surface area contributed by atoms with E-state index in [1.54, 1.807) is 0 Å². The normalized spacial score (nSPS) is 14.4. The van der Waals surface area contributed by atoms with Gasteiger partial charge in [-0.05, 0) is 18.2 Å². The third-order valence-corrected chi connectivity index (χ3v) is 2.23. The minimum absolute atomic E-state index is 0.394. The zero-order valence-electron chi connectivity index (χ0n) is 8.44. The van der Waals surface area contributed by atoms with Gasteiger partial charge >= 0.3 is 12.5 Å². The van der Waals surface area contributed by atoms with Crippen LogP contribution in [0.2, 0.25) is 5.02 Å². The van der Waals surface area contributed by atoms with Gasteiger partial charge in [0.1, 0.15) is 11.8 Å². The number of alkyl halides is 6. The van der Waals surface area contributed by atoms with Gasteiger partial charge in [-0.3, -0.25) is 0 Å². The fourth-order valence-corrected chi connectivity index (χ4v) is 1.37. The summed E-state index contributed by atoms with van der Waals surface area (Å²) in [6.07, 6.45) is -9.83. The number of benzene rings is 1. The zero-order valence-corrected chi connectivity index (χ0v) is 9.20. The Kier molecular flexibility index (Phi) is 4.02. The fraction of sp³-hybridized carbons (Fsp3) is 0.333. The summed E-state index contributed by atoms with van der Waals surface area (Å²) < 4.78 is 76.2. The monoisotopic (exact) mass is 293 g/mol. The van der Waals surface area contributed by atoms with Gasteiger partial charge in [-0.15, -0.1) is 13.2 Å². The number of rotatable bonds is 2. The molecule has 1 atom stereocenters. The van der Waals surface area contributed by atoms with Crippen molar-refractivity contribution in [1.29, 1.82) is 0 Å². The molecule has 0 aliphatic rings. The van der Waals surface area contributed by atoms with Crippen LogP contribution in [-0.2, 0) is 0 Å². The van der Waals surface area contributed by atoms with E-state index in [2.05, 4.69) is 4.74 Å². The highest BCUT2D eigenvalue weighted by molar-refractivity contribution is 6.31. The standard InChI is InChI=1S/C9H6ClF6NO/c10-6-2-1-4(18-9(14,15)16)3-5(6)7(17)8(11,12)13/h1-3,7H,17H2/t7-/m1/s1. The third-order valence-electron chi connectivity index (χ3n) is 1.89. The second kappa shape index (κ2) is 4.85. The first-order valence-corrected chi connectivity index (χ1v) is 4.76. The van der Waals surface area contributed by atoms with Gasteiger partial charge < -0.3 is 10.5 Å². The van der Waals surface area contributed by atoms with Gasteiger partial charge in [0.05, 0.1) is 0 Å². The van der Waals surface area contributed by atoms with Crippen molar-refractivity contribution in [3.05, 3.63) is 28.8 Å².